The zero-order valence-electron chi connectivity index (χ0n) is 9.40. The second-order valence-corrected chi connectivity index (χ2v) is 3.85. The van der Waals surface area contributed by atoms with Crippen LogP contribution in [0.2, 0.25) is 0 Å². The van der Waals surface area contributed by atoms with Crippen molar-refractivity contribution in [3.63, 3.8) is 0 Å². The van der Waals surface area contributed by atoms with Crippen molar-refractivity contribution in [3.8, 4) is 5.75 Å². The average Bonchev–Trinajstić information content (AvgIpc) is 2.26. The van der Waals surface area contributed by atoms with Crippen molar-refractivity contribution in [2.45, 2.75) is 26.7 Å². The van der Waals surface area contributed by atoms with Crippen molar-refractivity contribution in [1.29, 1.82) is 0 Å². The lowest BCUT2D eigenvalue weighted by Crippen LogP contribution is -2.07. The third-order valence-electron chi connectivity index (χ3n) is 2.14. The van der Waals surface area contributed by atoms with Crippen LogP contribution in [0.15, 0.2) is 29.4 Å². The molecule has 0 heterocycles. The molecule has 3 nitrogen and oxygen atoms in total. The predicted octanol–water partition coefficient (Wildman–Crippen LogP) is 3.04. The van der Waals surface area contributed by atoms with Gasteiger partial charge in [0, 0.05) is 0 Å². The van der Waals surface area contributed by atoms with Crippen LogP contribution in [-0.2, 0) is 0 Å². The Morgan fingerprint density at radius 2 is 2.20 bits per heavy atom. The van der Waals surface area contributed by atoms with E-state index in [0.717, 1.165) is 5.75 Å². The van der Waals surface area contributed by atoms with Gasteiger partial charge < -0.3 is 9.94 Å². The Morgan fingerprint density at radius 1 is 1.47 bits per heavy atom. The minimum absolute atomic E-state index is 0.318. The van der Waals surface area contributed by atoms with Gasteiger partial charge in [0.25, 0.3) is 0 Å². The monoisotopic (exact) mass is 207 g/mol. The third kappa shape index (κ3) is 3.62. The second kappa shape index (κ2) is 5.39. The molecule has 0 saturated heterocycles. The van der Waals surface area contributed by atoms with Gasteiger partial charge in [0.1, 0.15) is 12.4 Å². The first-order valence-corrected chi connectivity index (χ1v) is 5.03. The minimum atomic E-state index is 0.318. The van der Waals surface area contributed by atoms with Crippen LogP contribution in [0.1, 0.15) is 32.3 Å². The van der Waals surface area contributed by atoms with E-state index in [1.54, 1.807) is 6.92 Å². The lowest BCUT2D eigenvalue weighted by Gasteiger charge is -2.09. The normalized spacial score (nSPS) is 11.9. The molecule has 0 aliphatic carbocycles. The summed E-state index contributed by atoms with van der Waals surface area (Å²) in [5.41, 5.74) is 1.80. The lowest BCUT2D eigenvalue weighted by molar-refractivity contribution is 0.307. The van der Waals surface area contributed by atoms with Crippen molar-refractivity contribution in [2.24, 2.45) is 5.16 Å². The smallest absolute Gasteiger partial charge is 0.129 e. The summed E-state index contributed by atoms with van der Waals surface area (Å²) in [6.07, 6.45) is 0. The SMILES string of the molecule is C/C(COc1cccc(C(C)C)c1)=N\O. The van der Waals surface area contributed by atoms with Gasteiger partial charge in [-0.2, -0.15) is 0 Å². The highest BCUT2D eigenvalue weighted by Gasteiger charge is 2.01. The Hall–Kier alpha value is -1.51. The van der Waals surface area contributed by atoms with Gasteiger partial charge >= 0.3 is 0 Å². The summed E-state index contributed by atoms with van der Waals surface area (Å²) in [6.45, 7) is 6.31. The molecule has 1 aromatic rings. The van der Waals surface area contributed by atoms with Crippen LogP contribution in [0.4, 0.5) is 0 Å². The van der Waals surface area contributed by atoms with Gasteiger partial charge in [-0.15, -0.1) is 0 Å². The van der Waals surface area contributed by atoms with Crippen molar-refractivity contribution in [3.05, 3.63) is 29.8 Å². The van der Waals surface area contributed by atoms with Gasteiger partial charge in [0.05, 0.1) is 5.71 Å². The molecule has 0 aliphatic rings. The molecule has 82 valence electrons. The van der Waals surface area contributed by atoms with Gasteiger partial charge in [-0.25, -0.2) is 0 Å². The molecule has 0 aromatic heterocycles. The van der Waals surface area contributed by atoms with Crippen LogP contribution in [0.3, 0.4) is 0 Å². The van der Waals surface area contributed by atoms with E-state index in [-0.39, 0.29) is 0 Å². The van der Waals surface area contributed by atoms with Gasteiger partial charge in [-0.05, 0) is 30.5 Å². The fourth-order valence-electron chi connectivity index (χ4n) is 1.18. The van der Waals surface area contributed by atoms with Crippen LogP contribution in [0.5, 0.6) is 5.75 Å². The van der Waals surface area contributed by atoms with Gasteiger partial charge in [-0.3, -0.25) is 0 Å². The summed E-state index contributed by atoms with van der Waals surface area (Å²) >= 11 is 0. The zero-order valence-corrected chi connectivity index (χ0v) is 9.40. The van der Waals surface area contributed by atoms with Gasteiger partial charge in [-0.1, -0.05) is 31.1 Å². The molecular weight excluding hydrogens is 190 g/mol. The lowest BCUT2D eigenvalue weighted by atomic mass is 10.0. The van der Waals surface area contributed by atoms with Crippen molar-refractivity contribution in [1.82, 2.24) is 0 Å². The standard InChI is InChI=1S/C12H17NO2/c1-9(2)11-5-4-6-12(7-11)15-8-10(3)13-14/h4-7,9,14H,8H2,1-3H3/b13-10+. The van der Waals surface area contributed by atoms with Crippen LogP contribution < -0.4 is 4.74 Å². The van der Waals surface area contributed by atoms with Crippen LogP contribution in [0.25, 0.3) is 0 Å². The highest BCUT2D eigenvalue weighted by molar-refractivity contribution is 5.82. The Balaban J connectivity index is 2.66. The molecule has 3 heteroatoms. The fourth-order valence-corrected chi connectivity index (χ4v) is 1.18. The molecule has 0 bridgehead atoms. The van der Waals surface area contributed by atoms with E-state index in [1.807, 2.05) is 18.2 Å². The maximum absolute atomic E-state index is 8.46. The first-order valence-electron chi connectivity index (χ1n) is 5.03. The Bertz CT molecular complexity index is 345. The van der Waals surface area contributed by atoms with E-state index in [9.17, 15) is 0 Å². The first kappa shape index (κ1) is 11.6. The van der Waals surface area contributed by atoms with Crippen LogP contribution >= 0.6 is 0 Å². The molecule has 0 amide bonds. The average molecular weight is 207 g/mol. The molecule has 0 radical (unpaired) electrons. The molecule has 0 unspecified atom stereocenters. The summed E-state index contributed by atoms with van der Waals surface area (Å²) in [7, 11) is 0. The number of ether oxygens (including phenoxy) is 1. The van der Waals surface area contributed by atoms with Crippen molar-refractivity contribution < 1.29 is 9.94 Å². The molecular formula is C12H17NO2. The van der Waals surface area contributed by atoms with Crippen LogP contribution in [0, 0.1) is 0 Å². The number of hydrogen-bond donors (Lipinski definition) is 1. The molecule has 0 fully saturated rings. The Kier molecular flexibility index (Phi) is 4.16. The summed E-state index contributed by atoms with van der Waals surface area (Å²) < 4.78 is 5.46. The summed E-state index contributed by atoms with van der Waals surface area (Å²) in [4.78, 5) is 0. The molecule has 0 saturated carbocycles. The molecule has 1 N–H and O–H groups in total. The predicted molar refractivity (Wildman–Crippen MR) is 60.9 cm³/mol. The first-order chi connectivity index (χ1) is 7.13. The number of nitrogens with zero attached hydrogens (tertiary/aromatic N) is 1. The van der Waals surface area contributed by atoms with Crippen molar-refractivity contribution in [2.75, 3.05) is 6.61 Å². The molecule has 0 spiro atoms. The van der Waals surface area contributed by atoms with E-state index in [1.165, 1.54) is 5.56 Å². The van der Waals surface area contributed by atoms with E-state index in [2.05, 4.69) is 25.1 Å². The number of hydrogen-bond acceptors (Lipinski definition) is 3. The quantitative estimate of drug-likeness (QED) is 0.468. The number of oxime groups is 1. The maximum atomic E-state index is 8.46. The largest absolute Gasteiger partial charge is 0.488 e. The highest BCUT2D eigenvalue weighted by atomic mass is 16.5. The molecule has 1 aromatic carbocycles. The third-order valence-corrected chi connectivity index (χ3v) is 2.14. The van der Waals surface area contributed by atoms with E-state index < -0.39 is 0 Å². The molecule has 0 atom stereocenters. The Labute approximate surface area is 90.4 Å². The second-order valence-electron chi connectivity index (χ2n) is 3.85. The topological polar surface area (TPSA) is 41.8 Å². The van der Waals surface area contributed by atoms with E-state index in [0.29, 0.717) is 18.2 Å². The summed E-state index contributed by atoms with van der Waals surface area (Å²) in [5, 5.41) is 11.5. The van der Waals surface area contributed by atoms with Crippen LogP contribution in [-0.4, -0.2) is 17.5 Å². The Morgan fingerprint density at radius 3 is 2.80 bits per heavy atom. The highest BCUT2D eigenvalue weighted by Crippen LogP contribution is 2.19. The number of rotatable bonds is 4. The summed E-state index contributed by atoms with van der Waals surface area (Å²) in [5.74, 6) is 1.30. The summed E-state index contributed by atoms with van der Waals surface area (Å²) in [6, 6.07) is 7.95. The van der Waals surface area contributed by atoms with E-state index in [4.69, 9.17) is 9.94 Å². The zero-order chi connectivity index (χ0) is 11.3. The molecule has 1 rings (SSSR count). The maximum Gasteiger partial charge on any atom is 0.129 e. The fraction of sp³-hybridized carbons (Fsp3) is 0.417. The van der Waals surface area contributed by atoms with Gasteiger partial charge in [0.2, 0.25) is 0 Å². The molecule has 15 heavy (non-hydrogen) atoms. The minimum Gasteiger partial charge on any atom is -0.488 e. The van der Waals surface area contributed by atoms with Gasteiger partial charge in [0.15, 0.2) is 0 Å². The number of benzene rings is 1. The van der Waals surface area contributed by atoms with Crippen molar-refractivity contribution >= 4 is 5.71 Å². The molecule has 0 aliphatic heterocycles. The van der Waals surface area contributed by atoms with E-state index >= 15 is 0 Å².